The molecule has 0 radical (unpaired) electrons. The lowest BCUT2D eigenvalue weighted by molar-refractivity contribution is -0.113. The Labute approximate surface area is 146 Å². The van der Waals surface area contributed by atoms with Crippen LogP contribution in [0.5, 0.6) is 0 Å². The number of anilines is 1. The van der Waals surface area contributed by atoms with Crippen LogP contribution in [0.2, 0.25) is 0 Å². The van der Waals surface area contributed by atoms with Gasteiger partial charge >= 0.3 is 0 Å². The van der Waals surface area contributed by atoms with Gasteiger partial charge in [-0.25, -0.2) is 9.07 Å². The molecular formula is C14H17BrFN5OS. The molecule has 124 valence electrons. The Morgan fingerprint density at radius 1 is 1.43 bits per heavy atom. The number of nitrogens with one attached hydrogen (secondary N) is 1. The molecule has 1 amide bonds. The van der Waals surface area contributed by atoms with Gasteiger partial charge in [0.15, 0.2) is 5.82 Å². The van der Waals surface area contributed by atoms with Crippen molar-refractivity contribution in [3.05, 3.63) is 34.3 Å². The number of thioether (sulfide) groups is 1. The molecule has 0 saturated heterocycles. The Hall–Kier alpha value is -1.61. The highest BCUT2D eigenvalue weighted by atomic mass is 79.9. The first-order valence-electron chi connectivity index (χ1n) is 6.77. The first kappa shape index (κ1) is 17.7. The summed E-state index contributed by atoms with van der Waals surface area (Å²) in [6.45, 7) is 5.91. The van der Waals surface area contributed by atoms with Crippen LogP contribution in [0.1, 0.15) is 26.6 Å². The van der Waals surface area contributed by atoms with Crippen LogP contribution in [0.3, 0.4) is 0 Å². The maximum atomic E-state index is 13.7. The summed E-state index contributed by atoms with van der Waals surface area (Å²) in [6, 6.07) is 4.43. The van der Waals surface area contributed by atoms with Gasteiger partial charge in [-0.3, -0.25) is 4.79 Å². The lowest BCUT2D eigenvalue weighted by Crippen LogP contribution is -2.24. The number of benzene rings is 1. The second-order valence-electron chi connectivity index (χ2n) is 5.89. The molecule has 23 heavy (non-hydrogen) atoms. The summed E-state index contributed by atoms with van der Waals surface area (Å²) in [5, 5.41) is 11.0. The van der Waals surface area contributed by atoms with Gasteiger partial charge in [0.05, 0.1) is 11.4 Å². The topological polar surface area (TPSA) is 85.8 Å². The smallest absolute Gasteiger partial charge is 0.234 e. The SMILES string of the molecule is CC(C)(C)c1nnc(SCC(=O)Nc2ccc(Br)cc2F)n1N. The maximum absolute atomic E-state index is 13.7. The molecule has 0 bridgehead atoms. The predicted molar refractivity (Wildman–Crippen MR) is 92.3 cm³/mol. The number of nitrogens with zero attached hydrogens (tertiary/aromatic N) is 3. The highest BCUT2D eigenvalue weighted by Crippen LogP contribution is 2.24. The zero-order valence-electron chi connectivity index (χ0n) is 12.9. The molecule has 0 atom stereocenters. The summed E-state index contributed by atoms with van der Waals surface area (Å²) >= 11 is 4.30. The van der Waals surface area contributed by atoms with E-state index in [1.165, 1.54) is 16.8 Å². The largest absolute Gasteiger partial charge is 0.336 e. The van der Waals surface area contributed by atoms with Crippen molar-refractivity contribution in [1.29, 1.82) is 0 Å². The van der Waals surface area contributed by atoms with Gasteiger partial charge in [0.1, 0.15) is 5.82 Å². The fourth-order valence-electron chi connectivity index (χ4n) is 1.79. The molecule has 3 N–H and O–H groups in total. The fourth-order valence-corrected chi connectivity index (χ4v) is 2.78. The Morgan fingerprint density at radius 2 is 2.13 bits per heavy atom. The summed E-state index contributed by atoms with van der Waals surface area (Å²) in [7, 11) is 0. The molecular weight excluding hydrogens is 385 g/mol. The molecule has 1 aromatic heterocycles. The molecule has 9 heteroatoms. The van der Waals surface area contributed by atoms with Gasteiger partial charge in [0.2, 0.25) is 11.1 Å². The monoisotopic (exact) mass is 401 g/mol. The number of nitrogen functional groups attached to an aromatic ring is 1. The van der Waals surface area contributed by atoms with E-state index in [9.17, 15) is 9.18 Å². The lowest BCUT2D eigenvalue weighted by Gasteiger charge is -2.16. The van der Waals surface area contributed by atoms with E-state index >= 15 is 0 Å². The van der Waals surface area contributed by atoms with Crippen molar-refractivity contribution in [1.82, 2.24) is 14.9 Å². The molecule has 0 aliphatic rings. The van der Waals surface area contributed by atoms with Crippen molar-refractivity contribution in [2.75, 3.05) is 16.9 Å². The van der Waals surface area contributed by atoms with Gasteiger partial charge in [0.25, 0.3) is 0 Å². The highest BCUT2D eigenvalue weighted by Gasteiger charge is 2.23. The van der Waals surface area contributed by atoms with E-state index in [-0.39, 0.29) is 22.8 Å². The van der Waals surface area contributed by atoms with Crippen LogP contribution < -0.4 is 11.2 Å². The van der Waals surface area contributed by atoms with Crippen molar-refractivity contribution >= 4 is 39.3 Å². The summed E-state index contributed by atoms with van der Waals surface area (Å²) < 4.78 is 15.7. The third-order valence-electron chi connectivity index (χ3n) is 2.87. The minimum absolute atomic E-state index is 0.0506. The Kier molecular flexibility index (Phi) is 5.30. The normalized spacial score (nSPS) is 11.5. The average Bonchev–Trinajstić information content (AvgIpc) is 2.81. The standard InChI is InChI=1S/C14H17BrFN5OS/c1-14(2,3)12-19-20-13(21(12)17)23-7-11(22)18-10-5-4-8(15)6-9(10)16/h4-6H,7,17H2,1-3H3,(H,18,22). The quantitative estimate of drug-likeness (QED) is 0.607. The van der Waals surface area contributed by atoms with Gasteiger partial charge < -0.3 is 11.2 Å². The van der Waals surface area contributed by atoms with Gasteiger partial charge in [-0.15, -0.1) is 10.2 Å². The van der Waals surface area contributed by atoms with Crippen LogP contribution in [0.25, 0.3) is 0 Å². The van der Waals surface area contributed by atoms with E-state index in [1.54, 1.807) is 6.07 Å². The second kappa shape index (κ2) is 6.88. The third-order valence-corrected chi connectivity index (χ3v) is 4.31. The second-order valence-corrected chi connectivity index (χ2v) is 7.75. The number of carbonyl (C=O) groups excluding carboxylic acids is 1. The number of hydrogen-bond donors (Lipinski definition) is 2. The van der Waals surface area contributed by atoms with Crippen molar-refractivity contribution in [3.8, 4) is 0 Å². The lowest BCUT2D eigenvalue weighted by atomic mass is 9.96. The van der Waals surface area contributed by atoms with Crippen LogP contribution >= 0.6 is 27.7 Å². The zero-order chi connectivity index (χ0) is 17.2. The van der Waals surface area contributed by atoms with Crippen molar-refractivity contribution in [2.45, 2.75) is 31.3 Å². The van der Waals surface area contributed by atoms with E-state index in [1.807, 2.05) is 20.8 Å². The number of aromatic nitrogens is 3. The average molecular weight is 402 g/mol. The first-order valence-corrected chi connectivity index (χ1v) is 8.55. The molecule has 0 fully saturated rings. The number of carbonyl (C=O) groups is 1. The summed E-state index contributed by atoms with van der Waals surface area (Å²) in [5.74, 6) is 5.76. The molecule has 1 heterocycles. The summed E-state index contributed by atoms with van der Waals surface area (Å²) in [6.07, 6.45) is 0. The Morgan fingerprint density at radius 3 is 2.70 bits per heavy atom. The number of nitrogens with two attached hydrogens (primary N) is 1. The van der Waals surface area contributed by atoms with Crippen molar-refractivity contribution in [2.24, 2.45) is 0 Å². The van der Waals surface area contributed by atoms with Crippen LogP contribution in [0.4, 0.5) is 10.1 Å². The molecule has 6 nitrogen and oxygen atoms in total. The van der Waals surface area contributed by atoms with Crippen molar-refractivity contribution in [3.63, 3.8) is 0 Å². The molecule has 0 unspecified atom stereocenters. The summed E-state index contributed by atoms with van der Waals surface area (Å²) in [5.41, 5.74) is -0.119. The molecule has 1 aromatic carbocycles. The van der Waals surface area contributed by atoms with Crippen LogP contribution in [-0.2, 0) is 10.2 Å². The molecule has 2 aromatic rings. The molecule has 2 rings (SSSR count). The number of rotatable bonds is 4. The van der Waals surface area contributed by atoms with E-state index in [2.05, 4.69) is 31.4 Å². The minimum atomic E-state index is -0.505. The fraction of sp³-hybridized carbons (Fsp3) is 0.357. The van der Waals surface area contributed by atoms with Gasteiger partial charge in [-0.2, -0.15) is 0 Å². The van der Waals surface area contributed by atoms with Crippen LogP contribution in [0, 0.1) is 5.82 Å². The summed E-state index contributed by atoms with van der Waals surface area (Å²) in [4.78, 5) is 11.9. The minimum Gasteiger partial charge on any atom is -0.336 e. The first-order chi connectivity index (χ1) is 10.7. The maximum Gasteiger partial charge on any atom is 0.234 e. The van der Waals surface area contributed by atoms with Gasteiger partial charge in [0, 0.05) is 9.89 Å². The van der Waals surface area contributed by atoms with Crippen LogP contribution in [-0.4, -0.2) is 26.5 Å². The van der Waals surface area contributed by atoms with Gasteiger partial charge in [-0.05, 0) is 18.2 Å². The zero-order valence-corrected chi connectivity index (χ0v) is 15.3. The molecule has 0 aliphatic carbocycles. The highest BCUT2D eigenvalue weighted by molar-refractivity contribution is 9.10. The number of amides is 1. The predicted octanol–water partition coefficient (Wildman–Crippen LogP) is 2.92. The molecule has 0 saturated carbocycles. The molecule has 0 spiro atoms. The van der Waals surface area contributed by atoms with E-state index < -0.39 is 5.82 Å². The number of halogens is 2. The molecule has 0 aliphatic heterocycles. The Bertz CT molecular complexity index is 728. The van der Waals surface area contributed by atoms with E-state index in [0.717, 1.165) is 11.8 Å². The number of hydrogen-bond acceptors (Lipinski definition) is 5. The van der Waals surface area contributed by atoms with E-state index in [0.29, 0.717) is 15.5 Å². The van der Waals surface area contributed by atoms with E-state index in [4.69, 9.17) is 5.84 Å². The van der Waals surface area contributed by atoms with Crippen molar-refractivity contribution < 1.29 is 9.18 Å². The Balaban J connectivity index is 1.98. The third kappa shape index (κ3) is 4.44. The van der Waals surface area contributed by atoms with Gasteiger partial charge in [-0.1, -0.05) is 48.5 Å². The van der Waals surface area contributed by atoms with Crippen LogP contribution in [0.15, 0.2) is 27.8 Å².